The van der Waals surface area contributed by atoms with Crippen LogP contribution in [0.3, 0.4) is 0 Å². The Morgan fingerprint density at radius 2 is 2.10 bits per heavy atom. The van der Waals surface area contributed by atoms with Crippen molar-refractivity contribution in [3.05, 3.63) is 35.4 Å². The third-order valence-electron chi connectivity index (χ3n) is 1.94. The molecule has 1 aromatic carbocycles. The van der Waals surface area contributed by atoms with E-state index in [1.54, 1.807) is 5.31 Å². The van der Waals surface area contributed by atoms with Crippen LogP contribution in [0.2, 0.25) is 1.41 Å². The van der Waals surface area contributed by atoms with E-state index >= 15 is 0 Å². The molecule has 1 aliphatic heterocycles. The van der Waals surface area contributed by atoms with Gasteiger partial charge in [-0.2, -0.15) is 0 Å². The van der Waals surface area contributed by atoms with Crippen molar-refractivity contribution in [1.29, 1.82) is 0 Å². The van der Waals surface area contributed by atoms with Gasteiger partial charge in [0.25, 0.3) is 0 Å². The average molecular weight is 135 g/mol. The van der Waals surface area contributed by atoms with Crippen LogP contribution in [0.1, 0.15) is 11.1 Å². The molecule has 0 bridgehead atoms. The predicted octanol–water partition coefficient (Wildman–Crippen LogP) is 1.33. The molecule has 52 valence electrons. The molecule has 1 nitrogen and oxygen atoms in total. The van der Waals surface area contributed by atoms with E-state index in [0.717, 1.165) is 19.5 Å². The van der Waals surface area contributed by atoms with Gasteiger partial charge in [-0.25, -0.2) is 0 Å². The summed E-state index contributed by atoms with van der Waals surface area (Å²) in [4.78, 5) is 0. The number of hydrogen-bond donors (Lipinski definition) is 1. The molecule has 0 saturated carbocycles. The minimum Gasteiger partial charge on any atom is -0.312 e. The molecule has 0 atom stereocenters. The lowest BCUT2D eigenvalue weighted by atomic mass is 10.0. The van der Waals surface area contributed by atoms with Gasteiger partial charge in [-0.3, -0.25) is 0 Å². The standard InChI is InChI=1S/C9H11N/c1-2-4-9-7-10-6-5-8(9)3-1/h1-4,10H,5-7H2/i/hT. The Balaban J connectivity index is 2.34. The summed E-state index contributed by atoms with van der Waals surface area (Å²) in [5, 5.41) is 1.61. The first-order valence-corrected chi connectivity index (χ1v) is 3.67. The van der Waals surface area contributed by atoms with Crippen LogP contribution in [0.25, 0.3) is 0 Å². The largest absolute Gasteiger partial charge is 0.312 e. The molecule has 1 aliphatic rings. The first-order valence-electron chi connectivity index (χ1n) is 4.11. The highest BCUT2D eigenvalue weighted by atomic mass is 14.9. The molecule has 0 aromatic heterocycles. The van der Waals surface area contributed by atoms with Gasteiger partial charge in [0.1, 0.15) is 1.41 Å². The van der Waals surface area contributed by atoms with Gasteiger partial charge in [-0.15, -0.1) is 0 Å². The van der Waals surface area contributed by atoms with E-state index in [1.807, 2.05) is 6.07 Å². The summed E-state index contributed by atoms with van der Waals surface area (Å²) < 4.78 is 7.44. The van der Waals surface area contributed by atoms with Gasteiger partial charge < -0.3 is 5.31 Å². The number of nitrogens with one attached hydrogen (secondary N) is 1. The minimum absolute atomic E-state index is 0.788. The fourth-order valence-electron chi connectivity index (χ4n) is 1.35. The molecule has 0 spiro atoms. The summed E-state index contributed by atoms with van der Waals surface area (Å²) in [6.07, 6.45) is 1.03. The lowest BCUT2D eigenvalue weighted by Crippen LogP contribution is -2.23. The fourth-order valence-corrected chi connectivity index (χ4v) is 1.35. The van der Waals surface area contributed by atoms with Gasteiger partial charge in [0.05, 0.1) is 0 Å². The minimum atomic E-state index is 0.788. The van der Waals surface area contributed by atoms with Crippen LogP contribution in [-0.2, 0) is 13.0 Å². The Kier molecular flexibility index (Phi) is 1.19. The second-order valence-electron chi connectivity index (χ2n) is 2.62. The van der Waals surface area contributed by atoms with Gasteiger partial charge in [0.15, 0.2) is 0 Å². The highest BCUT2D eigenvalue weighted by molar-refractivity contribution is 5.28. The lowest BCUT2D eigenvalue weighted by Gasteiger charge is -2.15. The Hall–Kier alpha value is -0.820. The van der Waals surface area contributed by atoms with Crippen LogP contribution < -0.4 is 5.31 Å². The zero-order valence-corrected chi connectivity index (χ0v) is 5.88. The topological polar surface area (TPSA) is 12.0 Å². The third kappa shape index (κ3) is 0.929. The third-order valence-corrected chi connectivity index (χ3v) is 1.94. The molecule has 0 aliphatic carbocycles. The maximum absolute atomic E-state index is 7.44. The normalized spacial score (nSPS) is 19.8. The fraction of sp³-hybridized carbons (Fsp3) is 0.333. The van der Waals surface area contributed by atoms with Gasteiger partial charge in [0, 0.05) is 6.54 Å². The summed E-state index contributed by atoms with van der Waals surface area (Å²) in [5.74, 6) is 0. The highest BCUT2D eigenvalue weighted by Crippen LogP contribution is 2.11. The first-order chi connectivity index (χ1) is 5.36. The van der Waals surface area contributed by atoms with Crippen molar-refractivity contribution >= 4 is 0 Å². The molecule has 1 heteroatoms. The maximum Gasteiger partial charge on any atom is 0.123 e. The molecule has 10 heavy (non-hydrogen) atoms. The van der Waals surface area contributed by atoms with E-state index in [2.05, 4.69) is 18.2 Å². The van der Waals surface area contributed by atoms with Crippen molar-refractivity contribution in [2.24, 2.45) is 0 Å². The van der Waals surface area contributed by atoms with Crippen LogP contribution in [0.4, 0.5) is 0 Å². The molecule has 0 amide bonds. The molecule has 0 fully saturated rings. The van der Waals surface area contributed by atoms with Crippen molar-refractivity contribution in [2.75, 3.05) is 6.54 Å². The van der Waals surface area contributed by atoms with Crippen molar-refractivity contribution in [3.63, 3.8) is 0 Å². The maximum atomic E-state index is 7.44. The Morgan fingerprint density at radius 3 is 3.00 bits per heavy atom. The molecular formula is C9H11N. The van der Waals surface area contributed by atoms with Gasteiger partial charge in [0.2, 0.25) is 0 Å². The number of fused-ring (bicyclic) bond motifs is 1. The number of rotatable bonds is 0. The highest BCUT2D eigenvalue weighted by Gasteiger charge is 2.05. The second kappa shape index (κ2) is 2.43. The Labute approximate surface area is 62.5 Å². The van der Waals surface area contributed by atoms with Crippen molar-refractivity contribution in [1.82, 2.24) is 5.31 Å². The second-order valence-corrected chi connectivity index (χ2v) is 2.62. The summed E-state index contributed by atoms with van der Waals surface area (Å²) in [6, 6.07) is 8.37. The molecule has 0 unspecified atom stereocenters. The summed E-state index contributed by atoms with van der Waals surface area (Å²) >= 11 is 0. The molecule has 0 radical (unpaired) electrons. The number of benzene rings is 1. The monoisotopic (exact) mass is 135 g/mol. The SMILES string of the molecule is [3H]N1CCc2ccccc2C1. The smallest absolute Gasteiger partial charge is 0.123 e. The molecule has 1 aromatic rings. The summed E-state index contributed by atoms with van der Waals surface area (Å²) in [5.41, 5.74) is 2.73. The summed E-state index contributed by atoms with van der Waals surface area (Å²) in [6.45, 7) is 1.66. The van der Waals surface area contributed by atoms with Gasteiger partial charge >= 0.3 is 0 Å². The van der Waals surface area contributed by atoms with Crippen LogP contribution >= 0.6 is 0 Å². The molecular weight excluding hydrogens is 122 g/mol. The molecule has 2 rings (SSSR count). The Bertz CT molecular complexity index is 259. The molecule has 0 saturated heterocycles. The van der Waals surface area contributed by atoms with E-state index in [4.69, 9.17) is 1.41 Å². The predicted molar refractivity (Wildman–Crippen MR) is 41.9 cm³/mol. The van der Waals surface area contributed by atoms with E-state index in [9.17, 15) is 0 Å². The van der Waals surface area contributed by atoms with E-state index < -0.39 is 0 Å². The molecule has 1 N–H and O–H groups in total. The van der Waals surface area contributed by atoms with Crippen molar-refractivity contribution in [2.45, 2.75) is 13.0 Å². The first kappa shape index (κ1) is 4.91. The average Bonchev–Trinajstić information content (AvgIpc) is 2.04. The van der Waals surface area contributed by atoms with Crippen LogP contribution in [0.5, 0.6) is 0 Å². The van der Waals surface area contributed by atoms with Crippen molar-refractivity contribution in [3.8, 4) is 0 Å². The lowest BCUT2D eigenvalue weighted by molar-refractivity contribution is 0.644. The zero-order chi connectivity index (χ0) is 7.68. The molecule has 1 heterocycles. The van der Waals surface area contributed by atoms with Crippen LogP contribution in [0, 0.1) is 0 Å². The van der Waals surface area contributed by atoms with E-state index in [-0.39, 0.29) is 0 Å². The van der Waals surface area contributed by atoms with Gasteiger partial charge in [-0.05, 0) is 24.1 Å². The van der Waals surface area contributed by atoms with Crippen molar-refractivity contribution < 1.29 is 1.41 Å². The van der Waals surface area contributed by atoms with E-state index in [1.165, 1.54) is 11.1 Å². The van der Waals surface area contributed by atoms with Crippen LogP contribution in [0.15, 0.2) is 24.3 Å². The van der Waals surface area contributed by atoms with Crippen LogP contribution in [-0.4, -0.2) is 6.54 Å². The van der Waals surface area contributed by atoms with Gasteiger partial charge in [-0.1, -0.05) is 24.3 Å². The number of hydrogen-bond acceptors (Lipinski definition) is 1. The summed E-state index contributed by atoms with van der Waals surface area (Å²) in [7, 11) is 0. The Morgan fingerprint density at radius 1 is 1.30 bits per heavy atom. The quantitative estimate of drug-likeness (QED) is 0.566. The van der Waals surface area contributed by atoms with E-state index in [0.29, 0.717) is 0 Å². The zero-order valence-electron chi connectivity index (χ0n) is 6.88.